The Morgan fingerprint density at radius 2 is 2.06 bits per heavy atom. The fourth-order valence-electron chi connectivity index (χ4n) is 1.66. The summed E-state index contributed by atoms with van der Waals surface area (Å²) in [6, 6.07) is 1.79. The van der Waals surface area contributed by atoms with Gasteiger partial charge < -0.3 is 9.73 Å². The minimum atomic E-state index is -4.18. The van der Waals surface area contributed by atoms with Crippen LogP contribution >= 0.6 is 0 Å². The van der Waals surface area contributed by atoms with Crippen LogP contribution in [0.5, 0.6) is 0 Å². The number of nitrogens with one attached hydrogen (secondary N) is 1. The largest absolute Gasteiger partial charge is 0.468 e. The molecule has 6 heteroatoms. The van der Waals surface area contributed by atoms with Crippen LogP contribution in [0, 0.1) is 0 Å². The molecule has 104 valence electrons. The Labute approximate surface area is 105 Å². The lowest BCUT2D eigenvalue weighted by Gasteiger charge is -2.21. The molecule has 3 nitrogen and oxygen atoms in total. The van der Waals surface area contributed by atoms with Gasteiger partial charge >= 0.3 is 6.18 Å². The van der Waals surface area contributed by atoms with E-state index in [2.05, 4.69) is 5.32 Å². The summed E-state index contributed by atoms with van der Waals surface area (Å²) in [7, 11) is 0. The molecule has 0 saturated heterocycles. The molecule has 18 heavy (non-hydrogen) atoms. The highest BCUT2D eigenvalue weighted by Gasteiger charge is 2.30. The first-order valence-electron chi connectivity index (χ1n) is 6.01. The van der Waals surface area contributed by atoms with E-state index in [4.69, 9.17) is 4.42 Å². The lowest BCUT2D eigenvalue weighted by Crippen LogP contribution is -2.33. The van der Waals surface area contributed by atoms with E-state index in [0.29, 0.717) is 18.8 Å². The second kappa shape index (κ2) is 6.80. The van der Waals surface area contributed by atoms with Crippen molar-refractivity contribution in [2.45, 2.75) is 33.1 Å². The second-order valence-corrected chi connectivity index (χ2v) is 4.07. The minimum Gasteiger partial charge on any atom is -0.468 e. The molecule has 0 aliphatic heterocycles. The molecule has 1 aromatic rings. The lowest BCUT2D eigenvalue weighted by molar-refractivity contribution is -0.147. The number of hydrogen-bond donors (Lipinski definition) is 1. The molecule has 1 rings (SSSR count). The van der Waals surface area contributed by atoms with E-state index >= 15 is 0 Å². The summed E-state index contributed by atoms with van der Waals surface area (Å²) in [5.41, 5.74) is 0.914. The molecule has 0 saturated carbocycles. The first kappa shape index (κ1) is 15.0. The van der Waals surface area contributed by atoms with Crippen LogP contribution in [0.15, 0.2) is 16.7 Å². The minimum absolute atomic E-state index is 0.184. The maximum Gasteiger partial charge on any atom is 0.401 e. The molecule has 0 unspecified atom stereocenters. The molecule has 0 atom stereocenters. The zero-order valence-electron chi connectivity index (χ0n) is 10.7. The van der Waals surface area contributed by atoms with Crippen LogP contribution in [-0.4, -0.2) is 30.7 Å². The summed E-state index contributed by atoms with van der Waals surface area (Å²) in [6.07, 6.45) is -2.66. The Morgan fingerprint density at radius 1 is 1.33 bits per heavy atom. The predicted molar refractivity (Wildman–Crippen MR) is 63.1 cm³/mol. The van der Waals surface area contributed by atoms with E-state index < -0.39 is 12.7 Å². The number of rotatable bonds is 7. The number of halogens is 3. The van der Waals surface area contributed by atoms with Crippen molar-refractivity contribution < 1.29 is 17.6 Å². The maximum atomic E-state index is 12.3. The van der Waals surface area contributed by atoms with Gasteiger partial charge in [0.1, 0.15) is 5.76 Å². The van der Waals surface area contributed by atoms with Crippen molar-refractivity contribution in [3.63, 3.8) is 0 Å². The highest BCUT2D eigenvalue weighted by molar-refractivity contribution is 5.16. The molecule has 0 fully saturated rings. The molecule has 0 spiro atoms. The van der Waals surface area contributed by atoms with Gasteiger partial charge in [-0.15, -0.1) is 0 Å². The number of alkyl halides is 3. The van der Waals surface area contributed by atoms with Crippen molar-refractivity contribution in [3.05, 3.63) is 23.7 Å². The SMILES string of the molecule is CCNCc1ccoc1CN(CC)CC(F)(F)F. The maximum absolute atomic E-state index is 12.3. The Bertz CT molecular complexity index is 349. The Morgan fingerprint density at radius 3 is 2.61 bits per heavy atom. The lowest BCUT2D eigenvalue weighted by atomic mass is 10.2. The van der Waals surface area contributed by atoms with Crippen molar-refractivity contribution in [2.24, 2.45) is 0 Å². The van der Waals surface area contributed by atoms with Gasteiger partial charge in [-0.05, 0) is 19.2 Å². The molecule has 0 aromatic carbocycles. The third-order valence-corrected chi connectivity index (χ3v) is 2.62. The summed E-state index contributed by atoms with van der Waals surface area (Å²) in [5, 5.41) is 3.13. The van der Waals surface area contributed by atoms with Crippen LogP contribution in [0.2, 0.25) is 0 Å². The third kappa shape index (κ3) is 5.10. The Hall–Kier alpha value is -1.01. The summed E-state index contributed by atoms with van der Waals surface area (Å²) in [4.78, 5) is 1.31. The highest BCUT2D eigenvalue weighted by Crippen LogP contribution is 2.19. The van der Waals surface area contributed by atoms with Crippen LogP contribution in [0.4, 0.5) is 13.2 Å². The summed E-state index contributed by atoms with van der Waals surface area (Å²) in [5.74, 6) is 0.599. The molecular formula is C12H19F3N2O. The number of hydrogen-bond acceptors (Lipinski definition) is 3. The van der Waals surface area contributed by atoms with E-state index in [1.165, 1.54) is 11.2 Å². The molecule has 1 N–H and O–H groups in total. The molecule has 0 bridgehead atoms. The molecule has 0 amide bonds. The fraction of sp³-hybridized carbons (Fsp3) is 0.667. The molecule has 0 radical (unpaired) electrons. The van der Waals surface area contributed by atoms with Gasteiger partial charge in [-0.3, -0.25) is 4.90 Å². The zero-order valence-corrected chi connectivity index (χ0v) is 10.7. The van der Waals surface area contributed by atoms with E-state index in [0.717, 1.165) is 12.1 Å². The Balaban J connectivity index is 2.61. The topological polar surface area (TPSA) is 28.4 Å². The normalized spacial score (nSPS) is 12.3. The molecule has 0 aliphatic rings. The molecular weight excluding hydrogens is 245 g/mol. The van der Waals surface area contributed by atoms with Crippen molar-refractivity contribution in [2.75, 3.05) is 19.6 Å². The zero-order chi connectivity index (χ0) is 13.6. The van der Waals surface area contributed by atoms with E-state index in [-0.39, 0.29) is 6.54 Å². The van der Waals surface area contributed by atoms with Crippen LogP contribution < -0.4 is 5.32 Å². The highest BCUT2D eigenvalue weighted by atomic mass is 19.4. The van der Waals surface area contributed by atoms with Gasteiger partial charge in [0.2, 0.25) is 0 Å². The van der Waals surface area contributed by atoms with Gasteiger partial charge in [-0.2, -0.15) is 13.2 Å². The molecule has 1 heterocycles. The van der Waals surface area contributed by atoms with Crippen LogP contribution in [0.3, 0.4) is 0 Å². The van der Waals surface area contributed by atoms with E-state index in [9.17, 15) is 13.2 Å². The van der Waals surface area contributed by atoms with Gasteiger partial charge in [-0.1, -0.05) is 13.8 Å². The average molecular weight is 264 g/mol. The van der Waals surface area contributed by atoms with Gasteiger partial charge in [0.25, 0.3) is 0 Å². The standard InChI is InChI=1S/C12H19F3N2O/c1-3-16-7-10-5-6-18-11(10)8-17(4-2)9-12(13,14)15/h5-6,16H,3-4,7-9H2,1-2H3. The summed E-state index contributed by atoms with van der Waals surface area (Å²) < 4.78 is 42.3. The van der Waals surface area contributed by atoms with E-state index in [1.54, 1.807) is 13.0 Å². The van der Waals surface area contributed by atoms with Crippen LogP contribution in [-0.2, 0) is 13.1 Å². The fourth-order valence-corrected chi connectivity index (χ4v) is 1.66. The number of nitrogens with zero attached hydrogens (tertiary/aromatic N) is 1. The molecule has 0 aliphatic carbocycles. The first-order valence-corrected chi connectivity index (χ1v) is 6.01. The van der Waals surface area contributed by atoms with E-state index in [1.807, 2.05) is 6.92 Å². The smallest absolute Gasteiger partial charge is 0.401 e. The van der Waals surface area contributed by atoms with Crippen molar-refractivity contribution in [1.29, 1.82) is 0 Å². The first-order chi connectivity index (χ1) is 8.46. The summed E-state index contributed by atoms with van der Waals surface area (Å²) in [6.45, 7) is 4.71. The predicted octanol–water partition coefficient (Wildman–Crippen LogP) is 2.77. The van der Waals surface area contributed by atoms with Crippen molar-refractivity contribution in [1.82, 2.24) is 10.2 Å². The number of furan rings is 1. The van der Waals surface area contributed by atoms with Gasteiger partial charge in [-0.25, -0.2) is 0 Å². The van der Waals surface area contributed by atoms with Gasteiger partial charge in [0.05, 0.1) is 19.4 Å². The molecule has 1 aromatic heterocycles. The quantitative estimate of drug-likeness (QED) is 0.821. The van der Waals surface area contributed by atoms with Crippen LogP contribution in [0.1, 0.15) is 25.2 Å². The van der Waals surface area contributed by atoms with Crippen LogP contribution in [0.25, 0.3) is 0 Å². The monoisotopic (exact) mass is 264 g/mol. The van der Waals surface area contributed by atoms with Gasteiger partial charge in [0, 0.05) is 12.1 Å². The van der Waals surface area contributed by atoms with Crippen molar-refractivity contribution >= 4 is 0 Å². The second-order valence-electron chi connectivity index (χ2n) is 4.07. The third-order valence-electron chi connectivity index (χ3n) is 2.62. The average Bonchev–Trinajstić information content (AvgIpc) is 2.71. The summed E-state index contributed by atoms with van der Waals surface area (Å²) >= 11 is 0. The van der Waals surface area contributed by atoms with Crippen molar-refractivity contribution in [3.8, 4) is 0 Å². The van der Waals surface area contributed by atoms with Gasteiger partial charge in [0.15, 0.2) is 0 Å². The Kier molecular flexibility index (Phi) is 5.68.